The van der Waals surface area contributed by atoms with Gasteiger partial charge in [-0.3, -0.25) is 9.59 Å². The third-order valence-electron chi connectivity index (χ3n) is 4.87. The molecule has 1 atom stereocenters. The van der Waals surface area contributed by atoms with Gasteiger partial charge in [0.2, 0.25) is 5.76 Å². The highest BCUT2D eigenvalue weighted by Gasteiger charge is 2.18. The normalized spacial score (nSPS) is 12.0. The lowest BCUT2D eigenvalue weighted by Gasteiger charge is -2.14. The molecule has 0 N–H and O–H groups in total. The van der Waals surface area contributed by atoms with Crippen molar-refractivity contribution in [1.82, 2.24) is 0 Å². The van der Waals surface area contributed by atoms with Gasteiger partial charge in [-0.05, 0) is 38.1 Å². The lowest BCUT2D eigenvalue weighted by atomic mass is 10.2. The lowest BCUT2D eigenvalue weighted by Crippen LogP contribution is -2.22. The molecular formula is C25H21FO8. The van der Waals surface area contributed by atoms with E-state index in [2.05, 4.69) is 0 Å². The van der Waals surface area contributed by atoms with Gasteiger partial charge in [-0.1, -0.05) is 12.1 Å². The van der Waals surface area contributed by atoms with E-state index in [1.165, 1.54) is 18.2 Å². The van der Waals surface area contributed by atoms with Crippen molar-refractivity contribution in [2.45, 2.75) is 20.0 Å². The smallest absolute Gasteiger partial charge is 0.374 e. The number of carbonyl (C=O) groups excluding carboxylic acids is 1. The molecule has 0 radical (unpaired) electrons. The largest absolute Gasteiger partial charge is 0.489 e. The van der Waals surface area contributed by atoms with Crippen LogP contribution in [0.25, 0.3) is 21.9 Å². The minimum absolute atomic E-state index is 0.0747. The van der Waals surface area contributed by atoms with Gasteiger partial charge in [0.25, 0.3) is 0 Å². The summed E-state index contributed by atoms with van der Waals surface area (Å²) in [6.07, 6.45) is -1.58. The number of rotatable bonds is 8. The summed E-state index contributed by atoms with van der Waals surface area (Å²) in [5, 5.41) is 0.302. The first-order chi connectivity index (χ1) is 16.4. The quantitative estimate of drug-likeness (QED) is 0.355. The molecule has 0 spiro atoms. The number of alkyl halides is 1. The zero-order chi connectivity index (χ0) is 24.2. The number of carbonyl (C=O) groups is 1. The molecule has 2 heterocycles. The number of hydrogen-bond acceptors (Lipinski definition) is 8. The van der Waals surface area contributed by atoms with E-state index in [0.29, 0.717) is 11.3 Å². The van der Waals surface area contributed by atoms with E-state index in [9.17, 15) is 18.8 Å². The Balaban J connectivity index is 1.47. The van der Waals surface area contributed by atoms with Crippen LogP contribution in [0.3, 0.4) is 0 Å². The van der Waals surface area contributed by atoms with E-state index in [-0.39, 0.29) is 45.7 Å². The summed E-state index contributed by atoms with van der Waals surface area (Å²) in [7, 11) is 0. The molecule has 0 aliphatic carbocycles. The number of aryl methyl sites for hydroxylation is 1. The Kier molecular flexibility index (Phi) is 6.62. The Morgan fingerprint density at radius 3 is 2.06 bits per heavy atom. The van der Waals surface area contributed by atoms with Crippen molar-refractivity contribution in [1.29, 1.82) is 0 Å². The number of fused-ring (bicyclic) bond motifs is 2. The summed E-state index contributed by atoms with van der Waals surface area (Å²) >= 11 is 0. The molecular weight excluding hydrogens is 447 g/mol. The highest BCUT2D eigenvalue weighted by Crippen LogP contribution is 2.25. The first kappa shape index (κ1) is 23.0. The van der Waals surface area contributed by atoms with Gasteiger partial charge in [-0.15, -0.1) is 0 Å². The van der Waals surface area contributed by atoms with Crippen molar-refractivity contribution in [2.75, 3.05) is 19.8 Å². The molecule has 0 amide bonds. The minimum Gasteiger partial charge on any atom is -0.489 e. The van der Waals surface area contributed by atoms with Crippen molar-refractivity contribution in [2.24, 2.45) is 0 Å². The highest BCUT2D eigenvalue weighted by atomic mass is 19.1. The second-order valence-corrected chi connectivity index (χ2v) is 7.39. The van der Waals surface area contributed by atoms with Gasteiger partial charge < -0.3 is 23.0 Å². The molecule has 4 aromatic rings. The van der Waals surface area contributed by atoms with Crippen LogP contribution >= 0.6 is 0 Å². The van der Waals surface area contributed by atoms with Gasteiger partial charge in [0.05, 0.1) is 6.61 Å². The molecule has 0 bridgehead atoms. The predicted molar refractivity (Wildman–Crippen MR) is 122 cm³/mol. The maximum atomic E-state index is 14.6. The van der Waals surface area contributed by atoms with Gasteiger partial charge >= 0.3 is 5.97 Å². The Labute approximate surface area is 192 Å². The average Bonchev–Trinajstić information content (AvgIpc) is 2.80. The molecule has 9 heteroatoms. The summed E-state index contributed by atoms with van der Waals surface area (Å²) in [5.74, 6) is -0.230. The topological polar surface area (TPSA) is 105 Å². The van der Waals surface area contributed by atoms with Crippen LogP contribution < -0.4 is 20.3 Å². The number of esters is 1. The molecule has 4 rings (SSSR count). The van der Waals surface area contributed by atoms with Crippen molar-refractivity contribution in [3.8, 4) is 11.5 Å². The number of benzene rings is 2. The average molecular weight is 468 g/mol. The number of ether oxygens (including phenoxy) is 3. The van der Waals surface area contributed by atoms with E-state index in [1.54, 1.807) is 38.1 Å². The second kappa shape index (κ2) is 9.78. The summed E-state index contributed by atoms with van der Waals surface area (Å²) in [6.45, 7) is 2.62. The van der Waals surface area contributed by atoms with Crippen LogP contribution in [0.1, 0.15) is 23.2 Å². The summed E-state index contributed by atoms with van der Waals surface area (Å²) < 4.78 is 41.4. The maximum absolute atomic E-state index is 14.6. The third-order valence-corrected chi connectivity index (χ3v) is 4.87. The van der Waals surface area contributed by atoms with E-state index < -0.39 is 30.8 Å². The van der Waals surface area contributed by atoms with E-state index in [4.69, 9.17) is 23.0 Å². The molecule has 2 aromatic heterocycles. The first-order valence-corrected chi connectivity index (χ1v) is 10.5. The maximum Gasteiger partial charge on any atom is 0.374 e. The van der Waals surface area contributed by atoms with E-state index in [1.807, 2.05) is 0 Å². The van der Waals surface area contributed by atoms with Crippen LogP contribution in [0, 0.1) is 6.92 Å². The van der Waals surface area contributed by atoms with Crippen molar-refractivity contribution >= 4 is 27.9 Å². The minimum atomic E-state index is -1.58. The number of hydrogen-bond donors (Lipinski definition) is 0. The Morgan fingerprint density at radius 2 is 1.47 bits per heavy atom. The van der Waals surface area contributed by atoms with E-state index in [0.717, 1.165) is 6.07 Å². The van der Waals surface area contributed by atoms with Crippen LogP contribution in [0.4, 0.5) is 4.39 Å². The van der Waals surface area contributed by atoms with Crippen LogP contribution in [-0.4, -0.2) is 32.0 Å². The van der Waals surface area contributed by atoms with Crippen LogP contribution in [-0.2, 0) is 4.74 Å². The van der Waals surface area contributed by atoms with E-state index >= 15 is 0 Å². The number of halogens is 1. The van der Waals surface area contributed by atoms with Crippen LogP contribution in [0.5, 0.6) is 11.5 Å². The first-order valence-electron chi connectivity index (χ1n) is 10.5. The summed E-state index contributed by atoms with van der Waals surface area (Å²) in [5.41, 5.74) is -0.355. The van der Waals surface area contributed by atoms with Gasteiger partial charge in [0, 0.05) is 12.1 Å². The fourth-order valence-electron chi connectivity index (χ4n) is 3.43. The van der Waals surface area contributed by atoms with Crippen LogP contribution in [0.15, 0.2) is 67.0 Å². The summed E-state index contributed by atoms with van der Waals surface area (Å²) in [6, 6.07) is 11.7. The Bertz CT molecular complexity index is 1470. The molecule has 0 fully saturated rings. The highest BCUT2D eigenvalue weighted by molar-refractivity contribution is 5.90. The molecule has 34 heavy (non-hydrogen) atoms. The molecule has 0 saturated heterocycles. The molecule has 1 unspecified atom stereocenters. The zero-order valence-electron chi connectivity index (χ0n) is 18.5. The molecule has 0 saturated carbocycles. The zero-order valence-corrected chi connectivity index (χ0v) is 18.5. The van der Waals surface area contributed by atoms with Crippen molar-refractivity contribution < 1.29 is 32.2 Å². The Hall–Kier alpha value is -4.14. The molecule has 8 nitrogen and oxygen atoms in total. The van der Waals surface area contributed by atoms with Crippen molar-refractivity contribution in [3.05, 3.63) is 80.5 Å². The second-order valence-electron chi connectivity index (χ2n) is 7.39. The third kappa shape index (κ3) is 4.78. The predicted octanol–water partition coefficient (Wildman–Crippen LogP) is 4.18. The Morgan fingerprint density at radius 1 is 0.912 bits per heavy atom. The molecule has 176 valence electrons. The standard InChI is InChI=1S/C25H21FO8/c1-3-30-25(29)22-11-17(28)24-19(7-5-9-21(24)34-22)32-13-15(26)12-31-18-6-4-8-20-23(18)16(27)10-14(2)33-20/h4-11,15H,3,12-13H2,1-2H3. The van der Waals surface area contributed by atoms with Crippen LogP contribution in [0.2, 0.25) is 0 Å². The van der Waals surface area contributed by atoms with Gasteiger partial charge in [-0.2, -0.15) is 0 Å². The molecule has 2 aromatic carbocycles. The fourth-order valence-corrected chi connectivity index (χ4v) is 3.43. The molecule has 0 aliphatic rings. The van der Waals surface area contributed by atoms with Gasteiger partial charge in [0.15, 0.2) is 17.0 Å². The lowest BCUT2D eigenvalue weighted by molar-refractivity contribution is 0.0490. The monoisotopic (exact) mass is 468 g/mol. The SMILES string of the molecule is CCOC(=O)c1cc(=O)c2c(OCC(F)COc3cccc4oc(C)cc(=O)c34)cccc2o1. The molecule has 0 aliphatic heterocycles. The summed E-state index contributed by atoms with van der Waals surface area (Å²) in [4.78, 5) is 36.7. The van der Waals surface area contributed by atoms with Gasteiger partial charge in [-0.25, -0.2) is 9.18 Å². The van der Waals surface area contributed by atoms with Gasteiger partial charge in [0.1, 0.15) is 52.4 Å². The fraction of sp³-hybridized carbons (Fsp3) is 0.240. The van der Waals surface area contributed by atoms with Crippen molar-refractivity contribution in [3.63, 3.8) is 0 Å².